The number of aromatic nitrogens is 3. The van der Waals surface area contributed by atoms with E-state index in [4.69, 9.17) is 4.98 Å². The SMILES string of the molecule is c1ccc(-c2cc(-c3cccc(-c4cccc(-c5cccnc5)c4)c3)cc(-c3cccc(-c4cccc(-c5cccnc5)c4)c3)n2)cc1. The average Bonchev–Trinajstić information content (AvgIpc) is 3.19. The number of rotatable bonds is 7. The minimum Gasteiger partial charge on any atom is -0.264 e. The van der Waals surface area contributed by atoms with E-state index in [-0.39, 0.29) is 0 Å². The molecule has 48 heavy (non-hydrogen) atoms. The summed E-state index contributed by atoms with van der Waals surface area (Å²) in [6.45, 7) is 0. The molecule has 0 atom stereocenters. The second-order valence-electron chi connectivity index (χ2n) is 11.8. The molecule has 0 saturated heterocycles. The molecule has 5 aromatic carbocycles. The Morgan fingerprint density at radius 2 is 0.604 bits per heavy atom. The molecule has 0 bridgehead atoms. The highest BCUT2D eigenvalue weighted by Crippen LogP contribution is 2.35. The number of hydrogen-bond acceptors (Lipinski definition) is 3. The van der Waals surface area contributed by atoms with Crippen LogP contribution in [0.25, 0.3) is 78.1 Å². The van der Waals surface area contributed by atoms with Crippen LogP contribution in [0.15, 0.2) is 189 Å². The van der Waals surface area contributed by atoms with Gasteiger partial charge in [0.15, 0.2) is 0 Å². The molecule has 8 aromatic rings. The fourth-order valence-electron chi connectivity index (χ4n) is 6.16. The Bertz CT molecular complexity index is 2190. The highest BCUT2D eigenvalue weighted by molar-refractivity contribution is 5.82. The van der Waals surface area contributed by atoms with Crippen molar-refractivity contribution in [2.75, 3.05) is 0 Å². The van der Waals surface area contributed by atoms with Crippen molar-refractivity contribution in [2.24, 2.45) is 0 Å². The van der Waals surface area contributed by atoms with Crippen LogP contribution in [0.5, 0.6) is 0 Å². The molecular weight excluding hydrogens is 583 g/mol. The van der Waals surface area contributed by atoms with Crippen molar-refractivity contribution in [2.45, 2.75) is 0 Å². The molecule has 0 aliphatic rings. The first-order chi connectivity index (χ1) is 23.8. The van der Waals surface area contributed by atoms with Gasteiger partial charge in [0.1, 0.15) is 0 Å². The third-order valence-electron chi connectivity index (χ3n) is 8.63. The van der Waals surface area contributed by atoms with Crippen LogP contribution < -0.4 is 0 Å². The lowest BCUT2D eigenvalue weighted by atomic mass is 9.94. The predicted molar refractivity (Wildman–Crippen MR) is 198 cm³/mol. The van der Waals surface area contributed by atoms with Crippen LogP contribution in [-0.2, 0) is 0 Å². The van der Waals surface area contributed by atoms with Crippen LogP contribution in [0.3, 0.4) is 0 Å². The lowest BCUT2D eigenvalue weighted by Gasteiger charge is -2.13. The third kappa shape index (κ3) is 6.18. The first-order valence-corrected chi connectivity index (χ1v) is 16.1. The second-order valence-corrected chi connectivity index (χ2v) is 11.8. The van der Waals surface area contributed by atoms with Crippen LogP contribution in [0.2, 0.25) is 0 Å². The van der Waals surface area contributed by atoms with Gasteiger partial charge in [0, 0.05) is 47.0 Å². The minimum absolute atomic E-state index is 0.931. The molecule has 0 unspecified atom stereocenters. The molecule has 0 saturated carbocycles. The van der Waals surface area contributed by atoms with Gasteiger partial charge in [-0.3, -0.25) is 9.97 Å². The topological polar surface area (TPSA) is 38.7 Å². The second kappa shape index (κ2) is 13.1. The van der Waals surface area contributed by atoms with E-state index >= 15 is 0 Å². The van der Waals surface area contributed by atoms with Crippen LogP contribution in [0, 0.1) is 0 Å². The fourth-order valence-corrected chi connectivity index (χ4v) is 6.16. The molecule has 0 aliphatic heterocycles. The molecular formula is C45H31N3. The van der Waals surface area contributed by atoms with Crippen LogP contribution in [-0.4, -0.2) is 15.0 Å². The Morgan fingerprint density at radius 1 is 0.250 bits per heavy atom. The van der Waals surface area contributed by atoms with Gasteiger partial charge in [-0.05, 0) is 93.0 Å². The largest absolute Gasteiger partial charge is 0.264 e. The van der Waals surface area contributed by atoms with E-state index in [1.165, 1.54) is 0 Å². The molecule has 0 amide bonds. The van der Waals surface area contributed by atoms with Gasteiger partial charge in [0.05, 0.1) is 11.4 Å². The summed E-state index contributed by atoms with van der Waals surface area (Å²) in [7, 11) is 0. The maximum Gasteiger partial charge on any atom is 0.0715 e. The molecule has 3 heteroatoms. The molecule has 0 N–H and O–H groups in total. The molecule has 0 spiro atoms. The maximum absolute atomic E-state index is 5.21. The van der Waals surface area contributed by atoms with Gasteiger partial charge in [-0.25, -0.2) is 4.98 Å². The van der Waals surface area contributed by atoms with E-state index in [2.05, 4.69) is 156 Å². The fraction of sp³-hybridized carbons (Fsp3) is 0. The zero-order chi connectivity index (χ0) is 32.1. The molecule has 3 aromatic heterocycles. The van der Waals surface area contributed by atoms with Gasteiger partial charge in [-0.15, -0.1) is 0 Å². The van der Waals surface area contributed by atoms with Gasteiger partial charge in [0.25, 0.3) is 0 Å². The lowest BCUT2D eigenvalue weighted by Crippen LogP contribution is -1.92. The van der Waals surface area contributed by atoms with Gasteiger partial charge in [-0.1, -0.05) is 115 Å². The van der Waals surface area contributed by atoms with E-state index in [0.29, 0.717) is 0 Å². The van der Waals surface area contributed by atoms with Gasteiger partial charge >= 0.3 is 0 Å². The molecule has 226 valence electrons. The molecule has 3 heterocycles. The Balaban J connectivity index is 1.20. The standard InChI is InChI=1S/C45H31N3/c1-2-10-32(11-3-1)44-28-43(39-18-6-14-35(26-39)33-12-4-16-37(24-33)41-20-8-22-46-30-41)29-45(48-44)40-19-7-15-36(27-40)34-13-5-17-38(25-34)42-21-9-23-47-31-42/h1-31H. The highest BCUT2D eigenvalue weighted by atomic mass is 14.7. The molecule has 0 fully saturated rings. The quantitative estimate of drug-likeness (QED) is 0.179. The number of nitrogens with zero attached hydrogens (tertiary/aromatic N) is 3. The summed E-state index contributed by atoms with van der Waals surface area (Å²) in [5.41, 5.74) is 15.4. The number of benzene rings is 5. The lowest BCUT2D eigenvalue weighted by molar-refractivity contribution is 1.32. The van der Waals surface area contributed by atoms with Crippen molar-refractivity contribution >= 4 is 0 Å². The normalized spacial score (nSPS) is 10.9. The van der Waals surface area contributed by atoms with Crippen LogP contribution in [0.4, 0.5) is 0 Å². The van der Waals surface area contributed by atoms with Crippen molar-refractivity contribution in [3.8, 4) is 78.1 Å². The van der Waals surface area contributed by atoms with Crippen molar-refractivity contribution in [3.63, 3.8) is 0 Å². The first-order valence-electron chi connectivity index (χ1n) is 16.1. The third-order valence-corrected chi connectivity index (χ3v) is 8.63. The first kappa shape index (κ1) is 29.0. The smallest absolute Gasteiger partial charge is 0.0715 e. The van der Waals surface area contributed by atoms with Crippen molar-refractivity contribution in [1.82, 2.24) is 15.0 Å². The van der Waals surface area contributed by atoms with Crippen LogP contribution >= 0.6 is 0 Å². The zero-order valence-electron chi connectivity index (χ0n) is 26.2. The summed E-state index contributed by atoms with van der Waals surface area (Å²) in [5.74, 6) is 0. The van der Waals surface area contributed by atoms with Crippen molar-refractivity contribution in [3.05, 3.63) is 189 Å². The number of pyridine rings is 3. The van der Waals surface area contributed by atoms with E-state index < -0.39 is 0 Å². The van der Waals surface area contributed by atoms with Gasteiger partial charge in [0.2, 0.25) is 0 Å². The summed E-state index contributed by atoms with van der Waals surface area (Å²) in [6, 6.07) is 57.7. The Labute approximate surface area is 280 Å². The van der Waals surface area contributed by atoms with Gasteiger partial charge < -0.3 is 0 Å². The predicted octanol–water partition coefficient (Wildman–Crippen LogP) is 11.5. The van der Waals surface area contributed by atoms with E-state index in [1.807, 2.05) is 30.6 Å². The Kier molecular flexibility index (Phi) is 7.92. The van der Waals surface area contributed by atoms with E-state index in [9.17, 15) is 0 Å². The molecule has 0 radical (unpaired) electrons. The Morgan fingerprint density at radius 3 is 1.06 bits per heavy atom. The van der Waals surface area contributed by atoms with E-state index in [1.54, 1.807) is 12.4 Å². The summed E-state index contributed by atoms with van der Waals surface area (Å²) < 4.78 is 0. The van der Waals surface area contributed by atoms with E-state index in [0.717, 1.165) is 78.1 Å². The van der Waals surface area contributed by atoms with Crippen LogP contribution in [0.1, 0.15) is 0 Å². The van der Waals surface area contributed by atoms with Gasteiger partial charge in [-0.2, -0.15) is 0 Å². The monoisotopic (exact) mass is 613 g/mol. The average molecular weight is 614 g/mol. The molecule has 0 aliphatic carbocycles. The highest BCUT2D eigenvalue weighted by Gasteiger charge is 2.12. The van der Waals surface area contributed by atoms with Crippen molar-refractivity contribution in [1.29, 1.82) is 0 Å². The number of hydrogen-bond donors (Lipinski definition) is 0. The molecule has 8 rings (SSSR count). The summed E-state index contributed by atoms with van der Waals surface area (Å²) >= 11 is 0. The minimum atomic E-state index is 0.931. The Hall–Kier alpha value is -6.45. The summed E-state index contributed by atoms with van der Waals surface area (Å²) in [6.07, 6.45) is 7.43. The summed E-state index contributed by atoms with van der Waals surface area (Å²) in [4.78, 5) is 13.8. The zero-order valence-corrected chi connectivity index (χ0v) is 26.2. The maximum atomic E-state index is 5.21. The summed E-state index contributed by atoms with van der Waals surface area (Å²) in [5, 5.41) is 0. The molecule has 3 nitrogen and oxygen atoms in total. The van der Waals surface area contributed by atoms with Crippen molar-refractivity contribution < 1.29 is 0 Å².